The van der Waals surface area contributed by atoms with Gasteiger partial charge >= 0.3 is 6.03 Å². The Labute approximate surface area is 101 Å². The minimum Gasteiger partial charge on any atom is -0.485 e. The lowest BCUT2D eigenvalue weighted by atomic mass is 9.98. The largest absolute Gasteiger partial charge is 0.485 e. The molecule has 0 aromatic heterocycles. The van der Waals surface area contributed by atoms with Crippen LogP contribution in [0.5, 0.6) is 5.75 Å². The number of hydrogen-bond donors (Lipinski definition) is 2. The van der Waals surface area contributed by atoms with Gasteiger partial charge in [-0.3, -0.25) is 0 Å². The molecule has 17 heavy (non-hydrogen) atoms. The summed E-state index contributed by atoms with van der Waals surface area (Å²) >= 11 is 0. The number of ether oxygens (including phenoxy) is 1. The summed E-state index contributed by atoms with van der Waals surface area (Å²) < 4.78 is 5.91. The Morgan fingerprint density at radius 2 is 2.12 bits per heavy atom. The van der Waals surface area contributed by atoms with Gasteiger partial charge < -0.3 is 15.4 Å². The number of hydrogen-bond acceptors (Lipinski definition) is 2. The van der Waals surface area contributed by atoms with E-state index in [0.717, 1.165) is 17.9 Å². The van der Waals surface area contributed by atoms with Gasteiger partial charge in [-0.2, -0.15) is 0 Å². The van der Waals surface area contributed by atoms with Gasteiger partial charge in [0.05, 0.1) is 5.69 Å². The van der Waals surface area contributed by atoms with E-state index in [-0.39, 0.29) is 11.6 Å². The smallest absolute Gasteiger partial charge is 0.319 e. The summed E-state index contributed by atoms with van der Waals surface area (Å²) in [5, 5.41) is 5.32. The van der Waals surface area contributed by atoms with Gasteiger partial charge in [0.1, 0.15) is 11.4 Å². The zero-order valence-corrected chi connectivity index (χ0v) is 10.7. The van der Waals surface area contributed by atoms with E-state index in [1.807, 2.05) is 12.1 Å². The van der Waals surface area contributed by atoms with Gasteiger partial charge in [0.2, 0.25) is 0 Å². The third-order valence-electron chi connectivity index (χ3n) is 2.95. The molecular formula is C13H18N2O2. The van der Waals surface area contributed by atoms with E-state index in [9.17, 15) is 4.79 Å². The van der Waals surface area contributed by atoms with Gasteiger partial charge in [0.25, 0.3) is 0 Å². The summed E-state index contributed by atoms with van der Waals surface area (Å²) in [5.41, 5.74) is 2.92. The van der Waals surface area contributed by atoms with Crippen molar-refractivity contribution in [1.29, 1.82) is 0 Å². The molecule has 0 saturated heterocycles. The van der Waals surface area contributed by atoms with E-state index in [1.54, 1.807) is 7.05 Å². The molecule has 2 N–H and O–H groups in total. The zero-order chi connectivity index (χ0) is 12.6. The number of carbonyl (C=O) groups excluding carboxylic acids is 1. The number of nitrogens with one attached hydrogen (secondary N) is 2. The lowest BCUT2D eigenvalue weighted by molar-refractivity contribution is 0.139. The molecule has 1 aromatic rings. The van der Waals surface area contributed by atoms with Crippen molar-refractivity contribution in [3.05, 3.63) is 23.3 Å². The number of fused-ring (bicyclic) bond motifs is 1. The van der Waals surface area contributed by atoms with Gasteiger partial charge in [0, 0.05) is 19.0 Å². The van der Waals surface area contributed by atoms with Crippen LogP contribution in [0.25, 0.3) is 0 Å². The van der Waals surface area contributed by atoms with Crippen LogP contribution in [0.3, 0.4) is 0 Å². The molecule has 0 radical (unpaired) electrons. The maximum atomic E-state index is 11.3. The summed E-state index contributed by atoms with van der Waals surface area (Å²) in [6, 6.07) is 3.66. The van der Waals surface area contributed by atoms with Crippen LogP contribution >= 0.6 is 0 Å². The zero-order valence-electron chi connectivity index (χ0n) is 10.7. The fourth-order valence-electron chi connectivity index (χ4n) is 2.08. The Morgan fingerprint density at radius 1 is 1.41 bits per heavy atom. The summed E-state index contributed by atoms with van der Waals surface area (Å²) in [6.07, 6.45) is 0.872. The fourth-order valence-corrected chi connectivity index (χ4v) is 2.08. The maximum Gasteiger partial charge on any atom is 0.319 e. The van der Waals surface area contributed by atoms with Crippen LogP contribution in [0.4, 0.5) is 10.5 Å². The van der Waals surface area contributed by atoms with E-state index in [1.165, 1.54) is 11.1 Å². The molecule has 2 amide bonds. The third kappa shape index (κ3) is 2.20. The highest BCUT2D eigenvalue weighted by atomic mass is 16.5. The predicted octanol–water partition coefficient (Wildman–Crippen LogP) is 2.46. The van der Waals surface area contributed by atoms with Crippen LogP contribution in [0, 0.1) is 6.92 Å². The topological polar surface area (TPSA) is 50.4 Å². The minimum absolute atomic E-state index is 0.201. The van der Waals surface area contributed by atoms with E-state index < -0.39 is 0 Å². The van der Waals surface area contributed by atoms with Crippen LogP contribution in [0.1, 0.15) is 25.0 Å². The fraction of sp³-hybridized carbons (Fsp3) is 0.462. The highest BCUT2D eigenvalue weighted by Crippen LogP contribution is 2.42. The van der Waals surface area contributed by atoms with Crippen molar-refractivity contribution >= 4 is 11.7 Å². The molecule has 1 aliphatic heterocycles. The first kappa shape index (κ1) is 11.8. The summed E-state index contributed by atoms with van der Waals surface area (Å²) in [7, 11) is 1.59. The van der Waals surface area contributed by atoms with Crippen molar-refractivity contribution in [3.8, 4) is 5.75 Å². The summed E-state index contributed by atoms with van der Waals surface area (Å²) in [4.78, 5) is 11.3. The van der Waals surface area contributed by atoms with Crippen molar-refractivity contribution in [2.75, 3.05) is 12.4 Å². The molecule has 0 unspecified atom stereocenters. The molecule has 1 heterocycles. The lowest BCUT2D eigenvalue weighted by Crippen LogP contribution is -2.26. The normalized spacial score (nSPS) is 16.0. The summed E-state index contributed by atoms with van der Waals surface area (Å²) in [6.45, 7) is 6.17. The van der Waals surface area contributed by atoms with Crippen molar-refractivity contribution < 1.29 is 9.53 Å². The standard InChI is InChI=1S/C13H18N2O2/c1-8-5-6-10(15-12(16)14-4)11-9(8)7-13(2,3)17-11/h5-6H,7H2,1-4H3,(H2,14,15,16). The van der Waals surface area contributed by atoms with Crippen LogP contribution < -0.4 is 15.4 Å². The first-order valence-electron chi connectivity index (χ1n) is 5.73. The van der Waals surface area contributed by atoms with Gasteiger partial charge in [-0.05, 0) is 32.4 Å². The van der Waals surface area contributed by atoms with E-state index in [2.05, 4.69) is 31.4 Å². The number of anilines is 1. The summed E-state index contributed by atoms with van der Waals surface area (Å²) in [5.74, 6) is 0.804. The molecule has 4 heteroatoms. The van der Waals surface area contributed by atoms with Crippen molar-refractivity contribution in [1.82, 2.24) is 5.32 Å². The van der Waals surface area contributed by atoms with E-state index in [0.29, 0.717) is 0 Å². The second-order valence-corrected chi connectivity index (χ2v) is 4.98. The van der Waals surface area contributed by atoms with Crippen molar-refractivity contribution in [2.45, 2.75) is 32.8 Å². The minimum atomic E-state index is -0.232. The first-order valence-corrected chi connectivity index (χ1v) is 5.73. The molecule has 4 nitrogen and oxygen atoms in total. The average Bonchev–Trinajstić information content (AvgIpc) is 2.59. The monoisotopic (exact) mass is 234 g/mol. The van der Waals surface area contributed by atoms with Gasteiger partial charge in [-0.25, -0.2) is 4.79 Å². The quantitative estimate of drug-likeness (QED) is 0.784. The number of aryl methyl sites for hydroxylation is 1. The highest BCUT2D eigenvalue weighted by molar-refractivity contribution is 5.91. The SMILES string of the molecule is CNC(=O)Nc1ccc(C)c2c1OC(C)(C)C2. The molecule has 2 rings (SSSR count). The number of urea groups is 1. The maximum absolute atomic E-state index is 11.3. The Morgan fingerprint density at radius 3 is 2.76 bits per heavy atom. The first-order chi connectivity index (χ1) is 7.93. The van der Waals surface area contributed by atoms with Crippen molar-refractivity contribution in [3.63, 3.8) is 0 Å². The Bertz CT molecular complexity index is 467. The predicted molar refractivity (Wildman–Crippen MR) is 67.7 cm³/mol. The van der Waals surface area contributed by atoms with Crippen LogP contribution in [-0.4, -0.2) is 18.7 Å². The van der Waals surface area contributed by atoms with E-state index in [4.69, 9.17) is 4.74 Å². The molecule has 0 bridgehead atoms. The van der Waals surface area contributed by atoms with Gasteiger partial charge in [-0.1, -0.05) is 6.07 Å². The number of rotatable bonds is 1. The van der Waals surface area contributed by atoms with E-state index >= 15 is 0 Å². The molecule has 0 atom stereocenters. The molecule has 0 spiro atoms. The lowest BCUT2D eigenvalue weighted by Gasteiger charge is -2.18. The molecule has 92 valence electrons. The molecular weight excluding hydrogens is 216 g/mol. The van der Waals surface area contributed by atoms with Crippen molar-refractivity contribution in [2.24, 2.45) is 0 Å². The number of amides is 2. The van der Waals surface area contributed by atoms with Crippen LogP contribution in [-0.2, 0) is 6.42 Å². The van der Waals surface area contributed by atoms with Gasteiger partial charge in [0.15, 0.2) is 0 Å². The van der Waals surface area contributed by atoms with Gasteiger partial charge in [-0.15, -0.1) is 0 Å². The Balaban J connectivity index is 2.38. The third-order valence-corrected chi connectivity index (χ3v) is 2.95. The second-order valence-electron chi connectivity index (χ2n) is 4.98. The highest BCUT2D eigenvalue weighted by Gasteiger charge is 2.33. The van der Waals surface area contributed by atoms with Crippen LogP contribution in [0.15, 0.2) is 12.1 Å². The molecule has 1 aliphatic rings. The average molecular weight is 234 g/mol. The number of carbonyl (C=O) groups is 1. The second kappa shape index (κ2) is 3.95. The Kier molecular flexibility index (Phi) is 2.73. The molecule has 0 saturated carbocycles. The number of benzene rings is 1. The molecule has 0 aliphatic carbocycles. The Hall–Kier alpha value is -1.71. The van der Waals surface area contributed by atoms with Crippen LogP contribution in [0.2, 0.25) is 0 Å². The molecule has 1 aromatic carbocycles. The molecule has 0 fully saturated rings.